The third-order valence-electron chi connectivity index (χ3n) is 3.00. The first-order valence-corrected chi connectivity index (χ1v) is 5.75. The normalized spacial score (nSPS) is 12.4. The Labute approximate surface area is 110 Å². The SMILES string of the molecule is COC(c1ccccc1[N+](=O)[O-])c1c(C)noc1C. The van der Waals surface area contributed by atoms with Crippen LogP contribution in [0.4, 0.5) is 5.69 Å². The maximum atomic E-state index is 11.1. The second-order valence-corrected chi connectivity index (χ2v) is 4.17. The van der Waals surface area contributed by atoms with Crippen LogP contribution in [0.5, 0.6) is 0 Å². The molecular weight excluding hydrogens is 248 g/mol. The molecule has 0 spiro atoms. The number of hydrogen-bond donors (Lipinski definition) is 0. The number of benzene rings is 1. The average Bonchev–Trinajstić information content (AvgIpc) is 2.72. The van der Waals surface area contributed by atoms with Gasteiger partial charge in [0, 0.05) is 13.2 Å². The standard InChI is InChI=1S/C13H14N2O4/c1-8-12(9(2)19-14-8)13(18-3)10-6-4-5-7-11(10)15(16)17/h4-7,13H,1-3H3. The Morgan fingerprint density at radius 1 is 1.37 bits per heavy atom. The molecule has 1 unspecified atom stereocenters. The highest BCUT2D eigenvalue weighted by Gasteiger charge is 2.27. The maximum absolute atomic E-state index is 11.1. The van der Waals surface area contributed by atoms with E-state index in [-0.39, 0.29) is 5.69 Å². The fraction of sp³-hybridized carbons (Fsp3) is 0.308. The van der Waals surface area contributed by atoms with Crippen LogP contribution in [0.2, 0.25) is 0 Å². The van der Waals surface area contributed by atoms with Gasteiger partial charge in [0.2, 0.25) is 0 Å². The van der Waals surface area contributed by atoms with Gasteiger partial charge in [-0.05, 0) is 19.9 Å². The van der Waals surface area contributed by atoms with Crippen molar-refractivity contribution in [2.24, 2.45) is 0 Å². The van der Waals surface area contributed by atoms with E-state index in [1.54, 1.807) is 32.0 Å². The summed E-state index contributed by atoms with van der Waals surface area (Å²) >= 11 is 0. The molecule has 19 heavy (non-hydrogen) atoms. The van der Waals surface area contributed by atoms with E-state index in [0.717, 1.165) is 5.56 Å². The molecule has 0 aliphatic rings. The monoisotopic (exact) mass is 262 g/mol. The highest BCUT2D eigenvalue weighted by Crippen LogP contribution is 2.35. The summed E-state index contributed by atoms with van der Waals surface area (Å²) in [6.07, 6.45) is -0.562. The second kappa shape index (κ2) is 5.19. The van der Waals surface area contributed by atoms with Crippen LogP contribution in [0.1, 0.15) is 28.7 Å². The maximum Gasteiger partial charge on any atom is 0.275 e. The van der Waals surface area contributed by atoms with Crippen LogP contribution < -0.4 is 0 Å². The van der Waals surface area contributed by atoms with Crippen LogP contribution >= 0.6 is 0 Å². The molecule has 0 aliphatic carbocycles. The minimum atomic E-state index is -0.562. The van der Waals surface area contributed by atoms with Gasteiger partial charge in [0.25, 0.3) is 5.69 Å². The van der Waals surface area contributed by atoms with E-state index in [4.69, 9.17) is 9.26 Å². The molecule has 2 aromatic rings. The summed E-state index contributed by atoms with van der Waals surface area (Å²) < 4.78 is 10.5. The van der Waals surface area contributed by atoms with E-state index in [0.29, 0.717) is 17.0 Å². The lowest BCUT2D eigenvalue weighted by Crippen LogP contribution is -2.08. The van der Waals surface area contributed by atoms with Crippen LogP contribution in [0.25, 0.3) is 0 Å². The van der Waals surface area contributed by atoms with E-state index >= 15 is 0 Å². The molecule has 0 bridgehead atoms. The highest BCUT2D eigenvalue weighted by atomic mass is 16.6. The quantitative estimate of drug-likeness (QED) is 0.625. The van der Waals surface area contributed by atoms with Gasteiger partial charge in [-0.2, -0.15) is 0 Å². The summed E-state index contributed by atoms with van der Waals surface area (Å²) in [7, 11) is 1.51. The van der Waals surface area contributed by atoms with Crippen molar-refractivity contribution in [3.63, 3.8) is 0 Å². The number of nitro groups is 1. The largest absolute Gasteiger partial charge is 0.372 e. The van der Waals surface area contributed by atoms with E-state index in [2.05, 4.69) is 5.16 Å². The van der Waals surface area contributed by atoms with Gasteiger partial charge in [-0.1, -0.05) is 17.3 Å². The van der Waals surface area contributed by atoms with Gasteiger partial charge in [-0.3, -0.25) is 10.1 Å². The molecule has 1 aromatic heterocycles. The zero-order chi connectivity index (χ0) is 14.0. The van der Waals surface area contributed by atoms with E-state index in [1.165, 1.54) is 13.2 Å². The molecule has 1 atom stereocenters. The van der Waals surface area contributed by atoms with E-state index < -0.39 is 11.0 Å². The van der Waals surface area contributed by atoms with Gasteiger partial charge in [-0.25, -0.2) is 0 Å². The molecule has 6 nitrogen and oxygen atoms in total. The first-order valence-electron chi connectivity index (χ1n) is 5.75. The smallest absolute Gasteiger partial charge is 0.275 e. The van der Waals surface area contributed by atoms with Crippen LogP contribution in [-0.2, 0) is 4.74 Å². The Kier molecular flexibility index (Phi) is 3.62. The van der Waals surface area contributed by atoms with Crippen LogP contribution in [0.3, 0.4) is 0 Å². The molecular formula is C13H14N2O4. The summed E-state index contributed by atoms with van der Waals surface area (Å²) in [5.74, 6) is 0.600. The van der Waals surface area contributed by atoms with Crippen molar-refractivity contribution < 1.29 is 14.2 Å². The van der Waals surface area contributed by atoms with Crippen molar-refractivity contribution in [2.75, 3.05) is 7.11 Å². The first-order chi connectivity index (χ1) is 9.06. The van der Waals surface area contributed by atoms with Gasteiger partial charge < -0.3 is 9.26 Å². The highest BCUT2D eigenvalue weighted by molar-refractivity contribution is 5.46. The molecule has 0 N–H and O–H groups in total. The Morgan fingerprint density at radius 2 is 2.05 bits per heavy atom. The molecule has 1 heterocycles. The molecule has 6 heteroatoms. The van der Waals surface area contributed by atoms with Crippen LogP contribution in [0, 0.1) is 24.0 Å². The minimum absolute atomic E-state index is 0.0225. The Morgan fingerprint density at radius 3 is 2.58 bits per heavy atom. The number of nitro benzene ring substituents is 1. The van der Waals surface area contributed by atoms with E-state index in [9.17, 15) is 10.1 Å². The fourth-order valence-corrected chi connectivity index (χ4v) is 2.14. The number of para-hydroxylation sites is 1. The van der Waals surface area contributed by atoms with Crippen molar-refractivity contribution >= 4 is 5.69 Å². The molecule has 100 valence electrons. The second-order valence-electron chi connectivity index (χ2n) is 4.17. The summed E-state index contributed by atoms with van der Waals surface area (Å²) in [6.45, 7) is 3.54. The third kappa shape index (κ3) is 2.34. The molecule has 0 fully saturated rings. The molecule has 0 radical (unpaired) electrons. The predicted octanol–water partition coefficient (Wildman–Crippen LogP) is 2.94. The summed E-state index contributed by atoms with van der Waals surface area (Å²) in [6, 6.07) is 6.51. The van der Waals surface area contributed by atoms with Gasteiger partial charge >= 0.3 is 0 Å². The van der Waals surface area contributed by atoms with Crippen molar-refractivity contribution in [1.82, 2.24) is 5.16 Å². The van der Waals surface area contributed by atoms with Crippen molar-refractivity contribution in [1.29, 1.82) is 0 Å². The summed E-state index contributed by atoms with van der Waals surface area (Å²) in [4.78, 5) is 10.7. The molecule has 0 aliphatic heterocycles. The van der Waals surface area contributed by atoms with Gasteiger partial charge in [-0.15, -0.1) is 0 Å². The number of nitrogens with zero attached hydrogens (tertiary/aromatic N) is 2. The van der Waals surface area contributed by atoms with Crippen molar-refractivity contribution in [3.8, 4) is 0 Å². The van der Waals surface area contributed by atoms with E-state index in [1.807, 2.05) is 0 Å². The Hall–Kier alpha value is -2.21. The number of ether oxygens (including phenoxy) is 1. The zero-order valence-corrected chi connectivity index (χ0v) is 10.9. The molecule has 0 amide bonds. The number of methoxy groups -OCH3 is 1. The average molecular weight is 262 g/mol. The first kappa shape index (κ1) is 13.2. The number of hydrogen-bond acceptors (Lipinski definition) is 5. The molecule has 2 rings (SSSR count). The Balaban J connectivity index is 2.58. The minimum Gasteiger partial charge on any atom is -0.372 e. The molecule has 0 saturated carbocycles. The van der Waals surface area contributed by atoms with Gasteiger partial charge in [0.05, 0.1) is 21.7 Å². The number of aryl methyl sites for hydroxylation is 2. The molecule has 0 saturated heterocycles. The predicted molar refractivity (Wildman–Crippen MR) is 67.9 cm³/mol. The van der Waals surface area contributed by atoms with Crippen LogP contribution in [0.15, 0.2) is 28.8 Å². The Bertz CT molecular complexity index is 587. The molecule has 1 aromatic carbocycles. The lowest BCUT2D eigenvalue weighted by molar-refractivity contribution is -0.386. The van der Waals surface area contributed by atoms with Crippen LogP contribution in [-0.4, -0.2) is 17.2 Å². The number of rotatable bonds is 4. The van der Waals surface area contributed by atoms with Crippen molar-refractivity contribution in [2.45, 2.75) is 20.0 Å². The lowest BCUT2D eigenvalue weighted by atomic mass is 9.98. The topological polar surface area (TPSA) is 78.4 Å². The number of aromatic nitrogens is 1. The van der Waals surface area contributed by atoms with Crippen molar-refractivity contribution in [3.05, 3.63) is 57.0 Å². The zero-order valence-electron chi connectivity index (χ0n) is 10.9. The van der Waals surface area contributed by atoms with Gasteiger partial charge in [0.15, 0.2) is 0 Å². The third-order valence-corrected chi connectivity index (χ3v) is 3.00. The lowest BCUT2D eigenvalue weighted by Gasteiger charge is -2.15. The summed E-state index contributed by atoms with van der Waals surface area (Å²) in [5.41, 5.74) is 1.91. The summed E-state index contributed by atoms with van der Waals surface area (Å²) in [5, 5.41) is 15.0. The fourth-order valence-electron chi connectivity index (χ4n) is 2.14. The van der Waals surface area contributed by atoms with Gasteiger partial charge in [0.1, 0.15) is 11.9 Å².